The van der Waals surface area contributed by atoms with E-state index in [4.69, 9.17) is 12.2 Å². The number of carbonyl (C=O) groups excluding carboxylic acids is 1. The van der Waals surface area contributed by atoms with Gasteiger partial charge in [-0.1, -0.05) is 12.1 Å². The fourth-order valence-corrected chi connectivity index (χ4v) is 2.86. The van der Waals surface area contributed by atoms with Crippen LogP contribution in [0, 0.1) is 10.1 Å². The molecular weight excluding hydrogens is 340 g/mol. The number of nitro benzene ring substituents is 1. The van der Waals surface area contributed by atoms with E-state index < -0.39 is 16.5 Å². The van der Waals surface area contributed by atoms with E-state index in [0.29, 0.717) is 21.9 Å². The van der Waals surface area contributed by atoms with Gasteiger partial charge < -0.3 is 15.5 Å². The van der Waals surface area contributed by atoms with E-state index in [9.17, 15) is 14.9 Å². The molecule has 7 nitrogen and oxygen atoms in total. The fourth-order valence-electron chi connectivity index (χ4n) is 2.61. The molecule has 25 heavy (non-hydrogen) atoms. The zero-order valence-corrected chi connectivity index (χ0v) is 15.7. The highest BCUT2D eigenvalue weighted by Gasteiger charge is 2.34. The first kappa shape index (κ1) is 18.9. The number of amides is 1. The van der Waals surface area contributed by atoms with Crippen molar-refractivity contribution in [3.05, 3.63) is 51.2 Å². The molecule has 1 amide bonds. The second-order valence-corrected chi connectivity index (χ2v) is 7.38. The van der Waals surface area contributed by atoms with Crippen LogP contribution in [0.3, 0.4) is 0 Å². The molecule has 0 bridgehead atoms. The molecule has 1 aliphatic heterocycles. The third-order valence-corrected chi connectivity index (χ3v) is 4.29. The Bertz CT molecular complexity index is 767. The molecule has 0 spiro atoms. The fraction of sp³-hybridized carbons (Fsp3) is 0.412. The van der Waals surface area contributed by atoms with Gasteiger partial charge in [-0.25, -0.2) is 0 Å². The van der Waals surface area contributed by atoms with Gasteiger partial charge in [-0.05, 0) is 45.5 Å². The molecule has 1 atom stereocenters. The number of carbonyl (C=O) groups is 1. The van der Waals surface area contributed by atoms with E-state index in [1.165, 1.54) is 12.1 Å². The largest absolute Gasteiger partial charge is 0.351 e. The van der Waals surface area contributed by atoms with Crippen LogP contribution in [0.2, 0.25) is 0 Å². The molecule has 0 aliphatic carbocycles. The minimum atomic E-state index is -0.550. The average Bonchev–Trinajstić information content (AvgIpc) is 2.50. The summed E-state index contributed by atoms with van der Waals surface area (Å²) in [5, 5.41) is 17.6. The number of nitrogens with zero attached hydrogens (tertiary/aromatic N) is 2. The minimum absolute atomic E-state index is 0.0302. The number of hydrogen-bond acceptors (Lipinski definition) is 4. The van der Waals surface area contributed by atoms with Crippen molar-refractivity contribution in [2.24, 2.45) is 0 Å². The van der Waals surface area contributed by atoms with Gasteiger partial charge >= 0.3 is 0 Å². The molecule has 2 N–H and O–H groups in total. The monoisotopic (exact) mass is 362 g/mol. The zero-order valence-electron chi connectivity index (χ0n) is 14.9. The Morgan fingerprint density at radius 1 is 1.40 bits per heavy atom. The summed E-state index contributed by atoms with van der Waals surface area (Å²) in [6.07, 6.45) is 0. The highest BCUT2D eigenvalue weighted by atomic mass is 32.1. The molecular formula is C17H22N4O3S. The van der Waals surface area contributed by atoms with Gasteiger partial charge in [-0.15, -0.1) is 0 Å². The molecule has 0 saturated carbocycles. The summed E-state index contributed by atoms with van der Waals surface area (Å²) < 4.78 is 0. The molecule has 0 fully saturated rings. The van der Waals surface area contributed by atoms with Crippen molar-refractivity contribution in [2.45, 2.75) is 39.3 Å². The van der Waals surface area contributed by atoms with Crippen molar-refractivity contribution in [2.75, 3.05) is 7.05 Å². The molecule has 1 aromatic rings. The van der Waals surface area contributed by atoms with Gasteiger partial charge in [0.15, 0.2) is 5.11 Å². The maximum absolute atomic E-state index is 12.9. The highest BCUT2D eigenvalue weighted by molar-refractivity contribution is 7.80. The number of thiocarbonyl (C=S) groups is 1. The number of hydrogen-bond donors (Lipinski definition) is 2. The van der Waals surface area contributed by atoms with Gasteiger partial charge in [-0.2, -0.15) is 0 Å². The molecule has 0 aromatic heterocycles. The lowest BCUT2D eigenvalue weighted by atomic mass is 9.93. The van der Waals surface area contributed by atoms with Crippen LogP contribution in [0.1, 0.15) is 39.3 Å². The number of allylic oxidation sites excluding steroid dienone is 1. The standard InChI is InChI=1S/C17H22N4O3S/c1-10-13(15(22)19-17(2,3)4)14(18-16(25)20(10)5)11-7-6-8-12(9-11)21(23)24/h6-9,14H,1-5H3,(H,18,25)(H,19,22)/t14-/m0/s1. The topological polar surface area (TPSA) is 87.5 Å². The van der Waals surface area contributed by atoms with Crippen LogP contribution < -0.4 is 10.6 Å². The molecule has 1 aliphatic rings. The molecule has 0 radical (unpaired) electrons. The smallest absolute Gasteiger partial charge is 0.269 e. The zero-order chi connectivity index (χ0) is 18.9. The maximum Gasteiger partial charge on any atom is 0.269 e. The summed E-state index contributed by atoms with van der Waals surface area (Å²) in [4.78, 5) is 25.2. The van der Waals surface area contributed by atoms with Crippen LogP contribution in [0.15, 0.2) is 35.5 Å². The third kappa shape index (κ3) is 4.14. The molecule has 1 heterocycles. The van der Waals surface area contributed by atoms with Crippen molar-refractivity contribution in [1.82, 2.24) is 15.5 Å². The van der Waals surface area contributed by atoms with Gasteiger partial charge in [0.1, 0.15) is 0 Å². The first-order valence-electron chi connectivity index (χ1n) is 7.83. The van der Waals surface area contributed by atoms with Crippen molar-refractivity contribution < 1.29 is 9.72 Å². The minimum Gasteiger partial charge on any atom is -0.351 e. The molecule has 0 unspecified atom stereocenters. The van der Waals surface area contributed by atoms with E-state index in [2.05, 4.69) is 10.6 Å². The molecule has 0 saturated heterocycles. The van der Waals surface area contributed by atoms with Crippen molar-refractivity contribution in [3.8, 4) is 0 Å². The van der Waals surface area contributed by atoms with E-state index in [1.807, 2.05) is 27.7 Å². The first-order chi connectivity index (χ1) is 11.5. The molecule has 8 heteroatoms. The Hall–Kier alpha value is -2.48. The van der Waals surface area contributed by atoms with Crippen LogP contribution in [0.4, 0.5) is 5.69 Å². The summed E-state index contributed by atoms with van der Waals surface area (Å²) in [6.45, 7) is 7.50. The van der Waals surface area contributed by atoms with Crippen molar-refractivity contribution >= 4 is 28.9 Å². The lowest BCUT2D eigenvalue weighted by Gasteiger charge is -2.36. The second-order valence-electron chi connectivity index (χ2n) is 7.00. The van der Waals surface area contributed by atoms with Gasteiger partial charge in [0.05, 0.1) is 16.5 Å². The van der Waals surface area contributed by atoms with Crippen LogP contribution >= 0.6 is 12.2 Å². The van der Waals surface area contributed by atoms with Crippen molar-refractivity contribution in [3.63, 3.8) is 0 Å². The summed E-state index contributed by atoms with van der Waals surface area (Å²) in [5.41, 5.74) is 1.38. The number of nitrogens with one attached hydrogen (secondary N) is 2. The predicted molar refractivity (Wildman–Crippen MR) is 99.9 cm³/mol. The number of nitro groups is 1. The van der Waals surface area contributed by atoms with E-state index in [1.54, 1.807) is 24.1 Å². The average molecular weight is 362 g/mol. The molecule has 1 aromatic carbocycles. The number of benzene rings is 1. The first-order valence-corrected chi connectivity index (χ1v) is 8.24. The Labute approximate surface area is 152 Å². The predicted octanol–water partition coefficient (Wildman–Crippen LogP) is 2.64. The van der Waals surface area contributed by atoms with Gasteiger partial charge in [0.2, 0.25) is 0 Å². The lowest BCUT2D eigenvalue weighted by molar-refractivity contribution is -0.384. The van der Waals surface area contributed by atoms with E-state index in [0.717, 1.165) is 0 Å². The maximum atomic E-state index is 12.9. The summed E-state index contributed by atoms with van der Waals surface area (Å²) in [7, 11) is 1.78. The normalized spacial score (nSPS) is 18.0. The quantitative estimate of drug-likeness (QED) is 0.488. The summed E-state index contributed by atoms with van der Waals surface area (Å²) in [5.74, 6) is -0.233. The van der Waals surface area contributed by atoms with Crippen LogP contribution in [-0.2, 0) is 4.79 Å². The van der Waals surface area contributed by atoms with Crippen LogP contribution in [0.25, 0.3) is 0 Å². The van der Waals surface area contributed by atoms with Crippen LogP contribution in [0.5, 0.6) is 0 Å². The Morgan fingerprint density at radius 2 is 2.04 bits per heavy atom. The Balaban J connectivity index is 2.53. The SMILES string of the molecule is CC1=C(C(=O)NC(C)(C)C)[C@H](c2cccc([N+](=O)[O-])c2)NC(=S)N1C. The van der Waals surface area contributed by atoms with Gasteiger partial charge in [-0.3, -0.25) is 14.9 Å². The summed E-state index contributed by atoms with van der Waals surface area (Å²) in [6, 6.07) is 5.68. The number of rotatable bonds is 3. The summed E-state index contributed by atoms with van der Waals surface area (Å²) >= 11 is 5.33. The number of non-ortho nitro benzene ring substituents is 1. The highest BCUT2D eigenvalue weighted by Crippen LogP contribution is 2.31. The molecule has 2 rings (SSSR count). The van der Waals surface area contributed by atoms with E-state index in [-0.39, 0.29) is 11.6 Å². The van der Waals surface area contributed by atoms with Crippen LogP contribution in [-0.4, -0.2) is 33.4 Å². The Kier molecular flexibility index (Phi) is 5.12. The second kappa shape index (κ2) is 6.79. The lowest BCUT2D eigenvalue weighted by Crippen LogP contribution is -2.50. The van der Waals surface area contributed by atoms with Gasteiger partial charge in [0, 0.05) is 30.4 Å². The van der Waals surface area contributed by atoms with Crippen molar-refractivity contribution in [1.29, 1.82) is 0 Å². The third-order valence-electron chi connectivity index (χ3n) is 3.90. The Morgan fingerprint density at radius 3 is 2.60 bits per heavy atom. The van der Waals surface area contributed by atoms with E-state index >= 15 is 0 Å². The van der Waals surface area contributed by atoms with Gasteiger partial charge in [0.25, 0.3) is 11.6 Å². The molecule has 134 valence electrons.